The first-order valence-corrected chi connectivity index (χ1v) is 8.45. The van der Waals surface area contributed by atoms with Crippen LogP contribution in [0.1, 0.15) is 37.4 Å². The highest BCUT2D eigenvalue weighted by Gasteiger charge is 2.52. The predicted octanol–water partition coefficient (Wildman–Crippen LogP) is 3.18. The van der Waals surface area contributed by atoms with Gasteiger partial charge in [-0.15, -0.1) is 0 Å². The van der Waals surface area contributed by atoms with E-state index in [1.54, 1.807) is 4.90 Å². The number of amides is 1. The Kier molecular flexibility index (Phi) is 3.39. The largest absolute Gasteiger partial charge is 0.281 e. The molecule has 0 bridgehead atoms. The Morgan fingerprint density at radius 3 is 2.60 bits per heavy atom. The van der Waals surface area contributed by atoms with Gasteiger partial charge < -0.3 is 0 Å². The number of aromatic amines is 1. The van der Waals surface area contributed by atoms with Crippen LogP contribution in [-0.4, -0.2) is 26.1 Å². The van der Waals surface area contributed by atoms with Crippen molar-refractivity contribution in [2.45, 2.75) is 34.1 Å². The van der Waals surface area contributed by atoms with Gasteiger partial charge in [-0.2, -0.15) is 5.10 Å². The molecular formula is C19H21N5O. The summed E-state index contributed by atoms with van der Waals surface area (Å²) >= 11 is 0. The molecule has 0 radical (unpaired) electrons. The normalized spacial score (nSPS) is 21.8. The molecule has 128 valence electrons. The number of hydrogen-bond donors (Lipinski definition) is 1. The third kappa shape index (κ3) is 2.40. The van der Waals surface area contributed by atoms with Crippen molar-refractivity contribution in [2.75, 3.05) is 4.90 Å². The van der Waals surface area contributed by atoms with Crippen LogP contribution < -0.4 is 4.90 Å². The molecule has 1 fully saturated rings. The van der Waals surface area contributed by atoms with E-state index in [-0.39, 0.29) is 11.8 Å². The molecule has 25 heavy (non-hydrogen) atoms. The molecule has 6 nitrogen and oxygen atoms in total. The van der Waals surface area contributed by atoms with E-state index >= 15 is 0 Å². The van der Waals surface area contributed by atoms with Gasteiger partial charge in [-0.25, -0.2) is 9.97 Å². The number of anilines is 1. The smallest absolute Gasteiger partial charge is 0.238 e. The Morgan fingerprint density at radius 1 is 1.24 bits per heavy atom. The van der Waals surface area contributed by atoms with Crippen LogP contribution in [0.3, 0.4) is 0 Å². The first-order valence-electron chi connectivity index (χ1n) is 8.45. The molecule has 0 spiro atoms. The van der Waals surface area contributed by atoms with Gasteiger partial charge in [0.2, 0.25) is 5.91 Å². The molecule has 0 aromatic carbocycles. The fourth-order valence-electron chi connectivity index (χ4n) is 3.62. The molecule has 1 atom stereocenters. The van der Waals surface area contributed by atoms with Crippen LogP contribution in [0.2, 0.25) is 0 Å². The average molecular weight is 335 g/mol. The fourth-order valence-corrected chi connectivity index (χ4v) is 3.62. The molecule has 4 rings (SSSR count). The van der Waals surface area contributed by atoms with Crippen LogP contribution in [0.4, 0.5) is 5.82 Å². The van der Waals surface area contributed by atoms with Crippen LogP contribution >= 0.6 is 0 Å². The van der Waals surface area contributed by atoms with Crippen molar-refractivity contribution in [3.63, 3.8) is 0 Å². The van der Waals surface area contributed by atoms with Crippen molar-refractivity contribution in [1.82, 2.24) is 20.2 Å². The van der Waals surface area contributed by atoms with E-state index in [0.717, 1.165) is 34.8 Å². The lowest BCUT2D eigenvalue weighted by Gasteiger charge is -2.25. The average Bonchev–Trinajstić information content (AvgIpc) is 3.08. The number of aryl methyl sites for hydroxylation is 2. The predicted molar refractivity (Wildman–Crippen MR) is 95.5 cm³/mol. The lowest BCUT2D eigenvalue weighted by Crippen LogP contribution is -2.31. The molecule has 2 aliphatic rings. The number of nitrogens with one attached hydrogen (secondary N) is 1. The second-order valence-corrected chi connectivity index (χ2v) is 7.31. The topological polar surface area (TPSA) is 74.8 Å². The number of aromatic nitrogens is 4. The van der Waals surface area contributed by atoms with Gasteiger partial charge in [0.15, 0.2) is 5.82 Å². The van der Waals surface area contributed by atoms with Crippen molar-refractivity contribution in [1.29, 1.82) is 0 Å². The van der Waals surface area contributed by atoms with Crippen LogP contribution in [0.25, 0.3) is 5.57 Å². The number of fused-ring (bicyclic) bond motifs is 1. The molecule has 1 amide bonds. The monoisotopic (exact) mass is 335 g/mol. The Morgan fingerprint density at radius 2 is 1.96 bits per heavy atom. The second kappa shape index (κ2) is 5.37. The van der Waals surface area contributed by atoms with Gasteiger partial charge in [-0.05, 0) is 31.9 Å². The van der Waals surface area contributed by atoms with Crippen molar-refractivity contribution in [3.8, 4) is 0 Å². The van der Waals surface area contributed by atoms with Crippen LogP contribution in [0.15, 0.2) is 36.3 Å². The maximum absolute atomic E-state index is 13.1. The van der Waals surface area contributed by atoms with Crippen molar-refractivity contribution < 1.29 is 4.79 Å². The molecule has 1 N–H and O–H groups in total. The van der Waals surface area contributed by atoms with Gasteiger partial charge in [0.1, 0.15) is 5.82 Å². The highest BCUT2D eigenvalue weighted by molar-refractivity contribution is 6.04. The summed E-state index contributed by atoms with van der Waals surface area (Å²) in [5.74, 6) is 1.64. The highest BCUT2D eigenvalue weighted by Crippen LogP contribution is 2.50. The lowest BCUT2D eigenvalue weighted by atomic mass is 9.75. The van der Waals surface area contributed by atoms with Gasteiger partial charge in [0.05, 0.1) is 5.41 Å². The third-order valence-corrected chi connectivity index (χ3v) is 5.15. The zero-order valence-corrected chi connectivity index (χ0v) is 14.9. The molecule has 2 aromatic rings. The second-order valence-electron chi connectivity index (χ2n) is 7.31. The summed E-state index contributed by atoms with van der Waals surface area (Å²) in [7, 11) is 0. The number of carbonyl (C=O) groups excluding carboxylic acids is 1. The third-order valence-electron chi connectivity index (χ3n) is 5.15. The first-order chi connectivity index (χ1) is 11.9. The summed E-state index contributed by atoms with van der Waals surface area (Å²) in [6.07, 6.45) is 8.73. The molecule has 3 heterocycles. The van der Waals surface area contributed by atoms with Gasteiger partial charge in [0.25, 0.3) is 0 Å². The molecule has 1 aliphatic heterocycles. The van der Waals surface area contributed by atoms with Crippen molar-refractivity contribution in [2.24, 2.45) is 11.3 Å². The van der Waals surface area contributed by atoms with Gasteiger partial charge in [-0.1, -0.05) is 19.9 Å². The molecule has 2 aromatic heterocycles. The molecular weight excluding hydrogens is 314 g/mol. The highest BCUT2D eigenvalue weighted by atomic mass is 16.2. The van der Waals surface area contributed by atoms with E-state index in [1.807, 2.05) is 46.2 Å². The van der Waals surface area contributed by atoms with Crippen LogP contribution in [-0.2, 0) is 4.79 Å². The summed E-state index contributed by atoms with van der Waals surface area (Å²) < 4.78 is 0. The maximum atomic E-state index is 13.1. The van der Waals surface area contributed by atoms with E-state index < -0.39 is 5.41 Å². The van der Waals surface area contributed by atoms with Crippen molar-refractivity contribution >= 4 is 17.3 Å². The Balaban J connectivity index is 1.79. The fraction of sp³-hybridized carbons (Fsp3) is 0.368. The minimum absolute atomic E-state index is 0.0880. The molecule has 6 heteroatoms. The lowest BCUT2D eigenvalue weighted by molar-refractivity contribution is -0.125. The summed E-state index contributed by atoms with van der Waals surface area (Å²) in [4.78, 5) is 23.4. The summed E-state index contributed by atoms with van der Waals surface area (Å²) in [6, 6.07) is 1.91. The maximum Gasteiger partial charge on any atom is 0.238 e. The standard InChI is InChI=1S/C19H21N5O/c1-11-7-17(23-22-11)24-16-8-13(14-9-20-12(2)21-10-14)5-6-15(16)19(3,4)18(24)25/h5,7-10,15H,6H2,1-4H3,(H,22,23). The van der Waals surface area contributed by atoms with E-state index in [1.165, 1.54) is 0 Å². The van der Waals surface area contributed by atoms with Gasteiger partial charge in [-0.3, -0.25) is 14.8 Å². The number of hydrogen-bond acceptors (Lipinski definition) is 4. The Bertz CT molecular complexity index is 904. The quantitative estimate of drug-likeness (QED) is 0.914. The minimum atomic E-state index is -0.454. The van der Waals surface area contributed by atoms with E-state index in [9.17, 15) is 4.79 Å². The van der Waals surface area contributed by atoms with E-state index in [4.69, 9.17) is 0 Å². The molecule has 1 unspecified atom stereocenters. The van der Waals surface area contributed by atoms with Gasteiger partial charge in [0, 0.05) is 41.3 Å². The van der Waals surface area contributed by atoms with E-state index in [2.05, 4.69) is 32.3 Å². The Hall–Kier alpha value is -2.76. The number of allylic oxidation sites excluding steroid dienone is 4. The molecule has 1 saturated heterocycles. The van der Waals surface area contributed by atoms with Crippen molar-refractivity contribution in [3.05, 3.63) is 53.4 Å². The summed E-state index contributed by atoms with van der Waals surface area (Å²) in [5, 5.41) is 7.24. The minimum Gasteiger partial charge on any atom is -0.281 e. The summed E-state index contributed by atoms with van der Waals surface area (Å²) in [6.45, 7) is 7.83. The van der Waals surface area contributed by atoms with Crippen LogP contribution in [0.5, 0.6) is 0 Å². The van der Waals surface area contributed by atoms with Crippen LogP contribution in [0, 0.1) is 25.2 Å². The molecule has 0 saturated carbocycles. The zero-order valence-electron chi connectivity index (χ0n) is 14.9. The van der Waals surface area contributed by atoms with Gasteiger partial charge >= 0.3 is 0 Å². The summed E-state index contributed by atoms with van der Waals surface area (Å²) in [5.41, 5.74) is 3.49. The Labute approximate surface area is 146 Å². The van der Waals surface area contributed by atoms with E-state index in [0.29, 0.717) is 5.82 Å². The zero-order chi connectivity index (χ0) is 17.8. The number of nitrogens with zero attached hydrogens (tertiary/aromatic N) is 4. The SMILES string of the molecule is Cc1ncc(C2=CCC3C(=C2)N(c2cc(C)[nH]n2)C(=O)C3(C)C)cn1. The first kappa shape index (κ1) is 15.7. The number of carbonyl (C=O) groups is 1. The number of rotatable bonds is 2. The molecule has 1 aliphatic carbocycles. The number of H-pyrrole nitrogens is 1.